The number of amides is 1. The summed E-state index contributed by atoms with van der Waals surface area (Å²) >= 11 is 0. The molecule has 0 radical (unpaired) electrons. The maximum Gasteiger partial charge on any atom is 0.222 e. The van der Waals surface area contributed by atoms with Gasteiger partial charge >= 0.3 is 0 Å². The Labute approximate surface area is 203 Å². The Kier molecular flexibility index (Phi) is 10.3. The fourth-order valence-electron chi connectivity index (χ4n) is 3.69. The van der Waals surface area contributed by atoms with Gasteiger partial charge in [0.2, 0.25) is 5.91 Å². The number of carbonyl (C=O) groups is 1. The summed E-state index contributed by atoms with van der Waals surface area (Å²) < 4.78 is 0. The van der Waals surface area contributed by atoms with Crippen LogP contribution >= 0.6 is 24.0 Å². The predicted molar refractivity (Wildman–Crippen MR) is 139 cm³/mol. The third-order valence-electron chi connectivity index (χ3n) is 5.52. The van der Waals surface area contributed by atoms with Gasteiger partial charge in [-0.1, -0.05) is 61.0 Å². The number of aliphatic imine (C=N–C) groups is 1. The van der Waals surface area contributed by atoms with Crippen LogP contribution in [0.3, 0.4) is 0 Å². The highest BCUT2D eigenvalue weighted by Crippen LogP contribution is 2.16. The van der Waals surface area contributed by atoms with Crippen LogP contribution in [0.1, 0.15) is 54.9 Å². The van der Waals surface area contributed by atoms with Crippen LogP contribution in [0.25, 0.3) is 0 Å². The van der Waals surface area contributed by atoms with Gasteiger partial charge in [0.05, 0.1) is 6.54 Å². The maximum atomic E-state index is 11.9. The van der Waals surface area contributed by atoms with Crippen LogP contribution < -0.4 is 10.6 Å². The lowest BCUT2D eigenvalue weighted by Gasteiger charge is -2.17. The molecule has 0 spiro atoms. The summed E-state index contributed by atoms with van der Waals surface area (Å²) in [7, 11) is 0. The number of nitrogens with one attached hydrogen (secondary N) is 2. The van der Waals surface area contributed by atoms with E-state index in [0.29, 0.717) is 25.4 Å². The second kappa shape index (κ2) is 12.7. The molecule has 2 aromatic carbocycles. The van der Waals surface area contributed by atoms with Crippen molar-refractivity contribution in [1.29, 1.82) is 0 Å². The first kappa shape index (κ1) is 25.2. The number of nitrogens with zero attached hydrogens (tertiary/aromatic N) is 2. The van der Waals surface area contributed by atoms with Crippen LogP contribution in [0.15, 0.2) is 53.5 Å². The van der Waals surface area contributed by atoms with Crippen LogP contribution in [0, 0.1) is 6.92 Å². The molecule has 1 aliphatic heterocycles. The molecule has 2 N–H and O–H groups in total. The SMILES string of the molecule is CCNC(=NCc1cccc(CN2CCCC2=O)c1)NCC(C)c1ccc(C)cc1.I. The Morgan fingerprint density at radius 1 is 1.13 bits per heavy atom. The van der Waals surface area contributed by atoms with Crippen molar-refractivity contribution in [3.63, 3.8) is 0 Å². The van der Waals surface area contributed by atoms with Crippen molar-refractivity contribution in [2.75, 3.05) is 19.6 Å². The summed E-state index contributed by atoms with van der Waals surface area (Å²) in [4.78, 5) is 18.6. The van der Waals surface area contributed by atoms with E-state index in [-0.39, 0.29) is 29.9 Å². The van der Waals surface area contributed by atoms with E-state index in [4.69, 9.17) is 4.99 Å². The third kappa shape index (κ3) is 7.83. The van der Waals surface area contributed by atoms with E-state index in [1.807, 2.05) is 4.90 Å². The van der Waals surface area contributed by atoms with Crippen LogP contribution in [0.5, 0.6) is 0 Å². The van der Waals surface area contributed by atoms with Gasteiger partial charge in [-0.05, 0) is 42.9 Å². The van der Waals surface area contributed by atoms with Gasteiger partial charge in [0, 0.05) is 32.6 Å². The first-order valence-electron chi connectivity index (χ1n) is 11.0. The number of hydrogen-bond donors (Lipinski definition) is 2. The van der Waals surface area contributed by atoms with Gasteiger partial charge in [-0.25, -0.2) is 4.99 Å². The maximum absolute atomic E-state index is 11.9. The number of halogens is 1. The summed E-state index contributed by atoms with van der Waals surface area (Å²) in [6, 6.07) is 17.1. The molecule has 1 unspecified atom stereocenters. The molecule has 0 saturated carbocycles. The molecule has 6 heteroatoms. The number of hydrogen-bond acceptors (Lipinski definition) is 2. The molecular weight excluding hydrogens is 499 g/mol. The van der Waals surface area contributed by atoms with Gasteiger partial charge < -0.3 is 15.5 Å². The first-order chi connectivity index (χ1) is 14.5. The molecule has 1 atom stereocenters. The fourth-order valence-corrected chi connectivity index (χ4v) is 3.69. The van der Waals surface area contributed by atoms with E-state index in [0.717, 1.165) is 37.6 Å². The molecular formula is C25H35IN4O. The first-order valence-corrected chi connectivity index (χ1v) is 11.0. The van der Waals surface area contributed by atoms with E-state index in [1.165, 1.54) is 16.7 Å². The lowest BCUT2D eigenvalue weighted by molar-refractivity contribution is -0.128. The Balaban J connectivity index is 0.00000341. The molecule has 2 aromatic rings. The average molecular weight is 534 g/mol. The Morgan fingerprint density at radius 2 is 1.87 bits per heavy atom. The molecule has 1 heterocycles. The fraction of sp³-hybridized carbons (Fsp3) is 0.440. The van der Waals surface area contributed by atoms with Gasteiger partial charge in [-0.2, -0.15) is 0 Å². The average Bonchev–Trinajstić information content (AvgIpc) is 3.15. The van der Waals surface area contributed by atoms with Gasteiger partial charge in [-0.15, -0.1) is 24.0 Å². The molecule has 3 rings (SSSR count). The van der Waals surface area contributed by atoms with Crippen LogP contribution in [0.2, 0.25) is 0 Å². The Bertz CT molecular complexity index is 866. The van der Waals surface area contributed by atoms with E-state index in [9.17, 15) is 4.79 Å². The quantitative estimate of drug-likeness (QED) is 0.296. The highest BCUT2D eigenvalue weighted by Gasteiger charge is 2.19. The predicted octanol–water partition coefficient (Wildman–Crippen LogP) is 4.59. The third-order valence-corrected chi connectivity index (χ3v) is 5.52. The minimum Gasteiger partial charge on any atom is -0.357 e. The molecule has 1 fully saturated rings. The summed E-state index contributed by atoms with van der Waals surface area (Å²) in [5, 5.41) is 6.80. The van der Waals surface area contributed by atoms with E-state index in [2.05, 4.69) is 79.9 Å². The van der Waals surface area contributed by atoms with Crippen molar-refractivity contribution in [2.45, 2.75) is 52.6 Å². The highest BCUT2D eigenvalue weighted by atomic mass is 127. The van der Waals surface area contributed by atoms with Crippen LogP contribution in [0.4, 0.5) is 0 Å². The second-order valence-corrected chi connectivity index (χ2v) is 8.13. The molecule has 0 bridgehead atoms. The summed E-state index contributed by atoms with van der Waals surface area (Å²) in [5.41, 5.74) is 4.94. The smallest absolute Gasteiger partial charge is 0.222 e. The van der Waals surface area contributed by atoms with Crippen molar-refractivity contribution in [3.8, 4) is 0 Å². The zero-order valence-corrected chi connectivity index (χ0v) is 21.2. The van der Waals surface area contributed by atoms with E-state index >= 15 is 0 Å². The van der Waals surface area contributed by atoms with E-state index < -0.39 is 0 Å². The van der Waals surface area contributed by atoms with Crippen molar-refractivity contribution in [1.82, 2.24) is 15.5 Å². The second-order valence-electron chi connectivity index (χ2n) is 8.13. The number of aryl methyl sites for hydroxylation is 1. The van der Waals surface area contributed by atoms with Gasteiger partial charge in [0.1, 0.15) is 0 Å². The monoisotopic (exact) mass is 534 g/mol. The number of likely N-dealkylation sites (tertiary alicyclic amines) is 1. The molecule has 0 aliphatic carbocycles. The zero-order chi connectivity index (χ0) is 21.3. The number of carbonyl (C=O) groups excluding carboxylic acids is 1. The topological polar surface area (TPSA) is 56.7 Å². The minimum atomic E-state index is 0. The van der Waals surface area contributed by atoms with Gasteiger partial charge in [0.25, 0.3) is 0 Å². The van der Waals surface area contributed by atoms with Gasteiger partial charge in [0.15, 0.2) is 5.96 Å². The van der Waals surface area contributed by atoms with Crippen LogP contribution in [-0.4, -0.2) is 36.4 Å². The van der Waals surface area contributed by atoms with Crippen LogP contribution in [-0.2, 0) is 17.9 Å². The number of rotatable bonds is 8. The minimum absolute atomic E-state index is 0. The molecule has 1 saturated heterocycles. The highest BCUT2D eigenvalue weighted by molar-refractivity contribution is 14.0. The Hall–Kier alpha value is -2.09. The molecule has 31 heavy (non-hydrogen) atoms. The van der Waals surface area contributed by atoms with Crippen molar-refractivity contribution in [2.24, 2.45) is 4.99 Å². The van der Waals surface area contributed by atoms with Crippen molar-refractivity contribution in [3.05, 3.63) is 70.8 Å². The molecule has 5 nitrogen and oxygen atoms in total. The van der Waals surface area contributed by atoms with E-state index in [1.54, 1.807) is 0 Å². The standard InChI is InChI=1S/C25H34N4O.HI/c1-4-26-25(27-16-20(3)23-12-10-19(2)11-13-23)28-17-21-7-5-8-22(15-21)18-29-14-6-9-24(29)30;/h5,7-8,10-13,15,20H,4,6,9,14,16-18H2,1-3H3,(H2,26,27,28);1H. The lowest BCUT2D eigenvalue weighted by Crippen LogP contribution is -2.39. The summed E-state index contributed by atoms with van der Waals surface area (Å²) in [6.45, 7) is 10.2. The largest absolute Gasteiger partial charge is 0.357 e. The zero-order valence-electron chi connectivity index (χ0n) is 18.9. The molecule has 1 aliphatic rings. The summed E-state index contributed by atoms with van der Waals surface area (Å²) in [5.74, 6) is 1.49. The number of benzene rings is 2. The molecule has 1 amide bonds. The molecule has 168 valence electrons. The van der Waals surface area contributed by atoms with Gasteiger partial charge in [-0.3, -0.25) is 4.79 Å². The normalized spacial score (nSPS) is 14.9. The molecule has 0 aromatic heterocycles. The van der Waals surface area contributed by atoms with Crippen molar-refractivity contribution < 1.29 is 4.79 Å². The number of guanidine groups is 1. The van der Waals surface area contributed by atoms with Crippen molar-refractivity contribution >= 4 is 35.8 Å². The summed E-state index contributed by atoms with van der Waals surface area (Å²) in [6.07, 6.45) is 1.66. The lowest BCUT2D eigenvalue weighted by atomic mass is 10.0. The Morgan fingerprint density at radius 3 is 2.55 bits per heavy atom.